The monoisotopic (exact) mass is 394 g/mol. The van der Waals surface area contributed by atoms with Gasteiger partial charge in [0.2, 0.25) is 0 Å². The molecule has 148 valence electrons. The molecule has 1 aromatic carbocycles. The van der Waals surface area contributed by atoms with Crippen LogP contribution in [0.4, 0.5) is 5.69 Å². The zero-order chi connectivity index (χ0) is 19.9. The maximum absolute atomic E-state index is 4.62. The Morgan fingerprint density at radius 2 is 1.80 bits per heavy atom. The lowest BCUT2D eigenvalue weighted by atomic mass is 10.0. The minimum Gasteiger partial charge on any atom is -0.371 e. The van der Waals surface area contributed by atoms with E-state index in [9.17, 15) is 0 Å². The second kappa shape index (κ2) is 6.99. The maximum Gasteiger partial charge on any atom is 0.139 e. The van der Waals surface area contributed by atoms with E-state index in [-0.39, 0.29) is 0 Å². The van der Waals surface area contributed by atoms with Crippen LogP contribution in [-0.4, -0.2) is 38.2 Å². The first-order chi connectivity index (χ1) is 14.9. The Morgan fingerprint density at radius 3 is 2.67 bits per heavy atom. The molecule has 1 saturated heterocycles. The Bertz CT molecular complexity index is 1330. The predicted octanol–water partition coefficient (Wildman–Crippen LogP) is 5.16. The Labute approximate surface area is 174 Å². The van der Waals surface area contributed by atoms with Crippen LogP contribution in [0.25, 0.3) is 44.5 Å². The molecule has 0 unspecified atom stereocenters. The van der Waals surface area contributed by atoms with Crippen molar-refractivity contribution in [2.24, 2.45) is 0 Å². The van der Waals surface area contributed by atoms with Gasteiger partial charge < -0.3 is 9.88 Å². The third-order valence-electron chi connectivity index (χ3n) is 6.02. The first-order valence-electron chi connectivity index (χ1n) is 10.5. The van der Waals surface area contributed by atoms with Gasteiger partial charge in [-0.3, -0.25) is 10.1 Å². The summed E-state index contributed by atoms with van der Waals surface area (Å²) in [5.41, 5.74) is 7.31. The predicted molar refractivity (Wildman–Crippen MR) is 120 cm³/mol. The summed E-state index contributed by atoms with van der Waals surface area (Å²) in [6.45, 7) is 2.22. The van der Waals surface area contributed by atoms with Crippen molar-refractivity contribution in [3.63, 3.8) is 0 Å². The van der Waals surface area contributed by atoms with Crippen LogP contribution in [0.2, 0.25) is 0 Å². The third kappa shape index (κ3) is 2.84. The Hall–Kier alpha value is -3.67. The normalized spacial score (nSPS) is 14.6. The van der Waals surface area contributed by atoms with Crippen LogP contribution >= 0.6 is 0 Å². The summed E-state index contributed by atoms with van der Waals surface area (Å²) < 4.78 is 0. The minimum absolute atomic E-state index is 0.910. The molecule has 0 radical (unpaired) electrons. The molecule has 0 aliphatic carbocycles. The summed E-state index contributed by atoms with van der Waals surface area (Å²) in [5.74, 6) is 0. The molecule has 1 aliphatic rings. The van der Waals surface area contributed by atoms with E-state index in [1.807, 2.05) is 18.5 Å². The molecule has 6 nitrogen and oxygen atoms in total. The number of aromatic amines is 2. The largest absolute Gasteiger partial charge is 0.371 e. The van der Waals surface area contributed by atoms with E-state index in [2.05, 4.69) is 66.4 Å². The van der Waals surface area contributed by atoms with E-state index in [0.29, 0.717) is 0 Å². The summed E-state index contributed by atoms with van der Waals surface area (Å²) in [6, 6.07) is 14.7. The highest BCUT2D eigenvalue weighted by Crippen LogP contribution is 2.34. The number of aromatic nitrogens is 5. The van der Waals surface area contributed by atoms with Crippen LogP contribution in [-0.2, 0) is 0 Å². The molecule has 0 bridgehead atoms. The molecule has 0 amide bonds. The van der Waals surface area contributed by atoms with E-state index in [1.165, 1.54) is 24.9 Å². The van der Waals surface area contributed by atoms with Gasteiger partial charge in [0.25, 0.3) is 0 Å². The Morgan fingerprint density at radius 1 is 0.867 bits per heavy atom. The van der Waals surface area contributed by atoms with E-state index in [1.54, 1.807) is 6.20 Å². The van der Waals surface area contributed by atoms with Gasteiger partial charge in [-0.1, -0.05) is 12.1 Å². The van der Waals surface area contributed by atoms with E-state index in [4.69, 9.17) is 0 Å². The molecule has 6 heteroatoms. The fraction of sp³-hybridized carbons (Fsp3) is 0.208. The van der Waals surface area contributed by atoms with Gasteiger partial charge in [0.1, 0.15) is 11.3 Å². The van der Waals surface area contributed by atoms with Gasteiger partial charge in [0.05, 0.1) is 11.2 Å². The summed E-state index contributed by atoms with van der Waals surface area (Å²) in [7, 11) is 0. The SMILES string of the molecule is c1cncc(-c2ccc3[nH]nc(-c4cc5c(N6CCCCC6)ccnc5[nH]4)c3c2)c1. The molecule has 30 heavy (non-hydrogen) atoms. The number of anilines is 1. The first kappa shape index (κ1) is 17.2. The van der Waals surface area contributed by atoms with Crippen molar-refractivity contribution in [2.75, 3.05) is 18.0 Å². The Balaban J connectivity index is 1.47. The molecule has 2 N–H and O–H groups in total. The number of benzene rings is 1. The van der Waals surface area contributed by atoms with Crippen LogP contribution in [0, 0.1) is 0 Å². The summed E-state index contributed by atoms with van der Waals surface area (Å²) in [4.78, 5) is 14.8. The number of H-pyrrole nitrogens is 2. The fourth-order valence-corrected chi connectivity index (χ4v) is 4.48. The molecule has 0 saturated carbocycles. The number of rotatable bonds is 3. The molecule has 5 heterocycles. The highest BCUT2D eigenvalue weighted by atomic mass is 15.1. The second-order valence-electron chi connectivity index (χ2n) is 7.90. The van der Waals surface area contributed by atoms with Crippen molar-refractivity contribution < 1.29 is 0 Å². The molecular weight excluding hydrogens is 372 g/mol. The number of nitrogens with zero attached hydrogens (tertiary/aromatic N) is 4. The third-order valence-corrected chi connectivity index (χ3v) is 6.02. The average Bonchev–Trinajstić information content (AvgIpc) is 3.43. The van der Waals surface area contributed by atoms with Crippen molar-refractivity contribution in [1.82, 2.24) is 25.1 Å². The molecule has 5 aromatic rings. The molecule has 0 spiro atoms. The van der Waals surface area contributed by atoms with Crippen molar-refractivity contribution >= 4 is 27.6 Å². The van der Waals surface area contributed by atoms with Gasteiger partial charge in [-0.2, -0.15) is 5.10 Å². The lowest BCUT2D eigenvalue weighted by Gasteiger charge is -2.29. The number of nitrogens with one attached hydrogen (secondary N) is 2. The quantitative estimate of drug-likeness (QED) is 0.443. The Kier molecular flexibility index (Phi) is 4.01. The zero-order valence-electron chi connectivity index (χ0n) is 16.6. The van der Waals surface area contributed by atoms with Crippen LogP contribution < -0.4 is 4.90 Å². The van der Waals surface area contributed by atoms with Gasteiger partial charge in [-0.05, 0) is 55.2 Å². The molecule has 4 aromatic heterocycles. The minimum atomic E-state index is 0.910. The molecule has 0 atom stereocenters. The number of piperidine rings is 1. The lowest BCUT2D eigenvalue weighted by Crippen LogP contribution is -2.29. The lowest BCUT2D eigenvalue weighted by molar-refractivity contribution is 0.579. The van der Waals surface area contributed by atoms with Gasteiger partial charge >= 0.3 is 0 Å². The average molecular weight is 394 g/mol. The van der Waals surface area contributed by atoms with E-state index in [0.717, 1.165) is 57.5 Å². The number of hydrogen-bond acceptors (Lipinski definition) is 4. The van der Waals surface area contributed by atoms with Gasteiger partial charge in [0, 0.05) is 53.7 Å². The summed E-state index contributed by atoms with van der Waals surface area (Å²) >= 11 is 0. The highest BCUT2D eigenvalue weighted by molar-refractivity contribution is 5.99. The zero-order valence-corrected chi connectivity index (χ0v) is 16.6. The molecule has 1 aliphatic heterocycles. The number of fused-ring (bicyclic) bond motifs is 2. The van der Waals surface area contributed by atoms with Crippen molar-refractivity contribution in [2.45, 2.75) is 19.3 Å². The molecule has 1 fully saturated rings. The van der Waals surface area contributed by atoms with Crippen molar-refractivity contribution in [1.29, 1.82) is 0 Å². The van der Waals surface area contributed by atoms with Crippen LogP contribution in [0.3, 0.4) is 0 Å². The molecular formula is C24H22N6. The van der Waals surface area contributed by atoms with Crippen LogP contribution in [0.5, 0.6) is 0 Å². The van der Waals surface area contributed by atoms with E-state index < -0.39 is 0 Å². The van der Waals surface area contributed by atoms with E-state index >= 15 is 0 Å². The van der Waals surface area contributed by atoms with Crippen molar-refractivity contribution in [3.05, 3.63) is 61.1 Å². The van der Waals surface area contributed by atoms with Gasteiger partial charge in [-0.25, -0.2) is 4.98 Å². The number of hydrogen-bond donors (Lipinski definition) is 2. The fourth-order valence-electron chi connectivity index (χ4n) is 4.48. The van der Waals surface area contributed by atoms with Crippen LogP contribution in [0.1, 0.15) is 19.3 Å². The van der Waals surface area contributed by atoms with Crippen molar-refractivity contribution in [3.8, 4) is 22.5 Å². The standard InChI is InChI=1S/C24H22N6/c1-2-11-30(12-3-1)22-8-10-26-24-19(22)14-21(27-24)23-18-13-16(6-7-20(18)28-29-23)17-5-4-9-25-15-17/h4-10,13-15H,1-3,11-12H2,(H,26,27)(H,28,29). The number of pyridine rings is 2. The van der Waals surface area contributed by atoms with Crippen LogP contribution in [0.15, 0.2) is 61.1 Å². The second-order valence-corrected chi connectivity index (χ2v) is 7.90. The highest BCUT2D eigenvalue weighted by Gasteiger charge is 2.18. The summed E-state index contributed by atoms with van der Waals surface area (Å²) in [5, 5.41) is 10.0. The maximum atomic E-state index is 4.62. The molecule has 6 rings (SSSR count). The smallest absolute Gasteiger partial charge is 0.139 e. The van der Waals surface area contributed by atoms with Gasteiger partial charge in [0.15, 0.2) is 0 Å². The summed E-state index contributed by atoms with van der Waals surface area (Å²) in [6.07, 6.45) is 9.41. The first-order valence-corrected chi connectivity index (χ1v) is 10.5. The topological polar surface area (TPSA) is 73.5 Å². The van der Waals surface area contributed by atoms with Gasteiger partial charge in [-0.15, -0.1) is 0 Å².